The van der Waals surface area contributed by atoms with Crippen molar-refractivity contribution in [2.24, 2.45) is 0 Å². The summed E-state index contributed by atoms with van der Waals surface area (Å²) in [6.45, 7) is 3.72. The molecule has 158 valence electrons. The summed E-state index contributed by atoms with van der Waals surface area (Å²) in [6, 6.07) is 9.02. The first kappa shape index (κ1) is 21.7. The quantitative estimate of drug-likeness (QED) is 0.466. The Balaban J connectivity index is 1.83. The Morgan fingerprint density at radius 3 is 2.53 bits per heavy atom. The number of piperidine rings is 1. The molecule has 0 saturated carbocycles. The summed E-state index contributed by atoms with van der Waals surface area (Å²) >= 11 is 20.2. The molecule has 0 bridgehead atoms. The van der Waals surface area contributed by atoms with E-state index in [9.17, 15) is 4.79 Å². The molecule has 1 aromatic carbocycles. The van der Waals surface area contributed by atoms with Gasteiger partial charge in [0.25, 0.3) is 5.91 Å². The van der Waals surface area contributed by atoms with Crippen LogP contribution in [0.1, 0.15) is 42.2 Å². The fraction of sp³-hybridized carbons (Fsp3) is 0.333. The molecule has 1 amide bonds. The van der Waals surface area contributed by atoms with Crippen molar-refractivity contribution in [3.05, 3.63) is 56.0 Å². The number of thiophene rings is 1. The first-order valence-electron chi connectivity index (χ1n) is 9.87. The highest BCUT2D eigenvalue weighted by molar-refractivity contribution is 7.19. The van der Waals surface area contributed by atoms with E-state index in [1.165, 1.54) is 17.8 Å². The largest absolute Gasteiger partial charge is 0.286 e. The molecule has 0 atom stereocenters. The van der Waals surface area contributed by atoms with E-state index >= 15 is 0 Å². The van der Waals surface area contributed by atoms with Crippen molar-refractivity contribution in [3.8, 4) is 16.3 Å². The molecule has 1 N–H and O–H groups in total. The summed E-state index contributed by atoms with van der Waals surface area (Å²) in [5, 5.41) is 7.68. The standard InChI is InChI=1S/C21H21Cl3N4OS/c1-2-14-19(21(29)26-27-10-4-3-5-11-27)25-28(16-7-6-13(22)12-15(16)23)20(14)17-8-9-18(24)30-17/h6-9,12H,2-5,10-11H2,1H3,(H,26,29). The highest BCUT2D eigenvalue weighted by Gasteiger charge is 2.26. The third-order valence-corrected chi connectivity index (χ3v) is 6.89. The Hall–Kier alpha value is -1.57. The monoisotopic (exact) mass is 482 g/mol. The van der Waals surface area contributed by atoms with Gasteiger partial charge in [-0.2, -0.15) is 5.10 Å². The number of benzene rings is 1. The maximum atomic E-state index is 13.2. The molecule has 5 nitrogen and oxygen atoms in total. The van der Waals surface area contributed by atoms with Crippen LogP contribution in [-0.2, 0) is 6.42 Å². The van der Waals surface area contributed by atoms with Crippen LogP contribution < -0.4 is 5.43 Å². The van der Waals surface area contributed by atoms with Gasteiger partial charge in [0.05, 0.1) is 25.6 Å². The minimum Gasteiger partial charge on any atom is -0.283 e. The van der Waals surface area contributed by atoms with E-state index in [1.807, 2.05) is 30.1 Å². The van der Waals surface area contributed by atoms with Crippen LogP contribution in [-0.4, -0.2) is 33.8 Å². The summed E-state index contributed by atoms with van der Waals surface area (Å²) in [5.74, 6) is -0.207. The molecule has 1 aliphatic heterocycles. The molecule has 0 spiro atoms. The van der Waals surface area contributed by atoms with Gasteiger partial charge in [-0.05, 0) is 49.6 Å². The molecular formula is C21H21Cl3N4OS. The van der Waals surface area contributed by atoms with Crippen molar-refractivity contribution in [1.29, 1.82) is 0 Å². The average Bonchev–Trinajstić information content (AvgIpc) is 3.32. The SMILES string of the molecule is CCc1c(C(=O)NN2CCCCC2)nn(-c2ccc(Cl)cc2Cl)c1-c1ccc(Cl)s1. The predicted octanol–water partition coefficient (Wildman–Crippen LogP) is 6.25. The zero-order chi connectivity index (χ0) is 21.3. The number of amides is 1. The van der Waals surface area contributed by atoms with Gasteiger partial charge in [0, 0.05) is 23.7 Å². The fourth-order valence-electron chi connectivity index (χ4n) is 3.69. The van der Waals surface area contributed by atoms with Gasteiger partial charge < -0.3 is 0 Å². The first-order valence-corrected chi connectivity index (χ1v) is 11.8. The van der Waals surface area contributed by atoms with E-state index in [2.05, 4.69) is 5.43 Å². The molecular weight excluding hydrogens is 463 g/mol. The Bertz CT molecular complexity index is 1070. The molecule has 1 saturated heterocycles. The zero-order valence-corrected chi connectivity index (χ0v) is 19.5. The normalized spacial score (nSPS) is 14.8. The maximum absolute atomic E-state index is 13.2. The zero-order valence-electron chi connectivity index (χ0n) is 16.4. The lowest BCUT2D eigenvalue weighted by Crippen LogP contribution is -2.45. The van der Waals surface area contributed by atoms with Gasteiger partial charge in [0.15, 0.2) is 5.69 Å². The number of rotatable bonds is 5. The highest BCUT2D eigenvalue weighted by Crippen LogP contribution is 2.38. The van der Waals surface area contributed by atoms with E-state index in [-0.39, 0.29) is 5.91 Å². The number of hydrogen-bond donors (Lipinski definition) is 1. The second-order valence-electron chi connectivity index (χ2n) is 7.13. The summed E-state index contributed by atoms with van der Waals surface area (Å²) in [4.78, 5) is 14.1. The number of hydrogen-bond acceptors (Lipinski definition) is 4. The number of halogens is 3. The van der Waals surface area contributed by atoms with Crippen LogP contribution in [0.5, 0.6) is 0 Å². The van der Waals surface area contributed by atoms with Crippen LogP contribution in [0, 0.1) is 0 Å². The molecule has 2 aromatic heterocycles. The van der Waals surface area contributed by atoms with Crippen LogP contribution in [0.3, 0.4) is 0 Å². The van der Waals surface area contributed by atoms with Crippen molar-refractivity contribution in [3.63, 3.8) is 0 Å². The van der Waals surface area contributed by atoms with Crippen LogP contribution in [0.4, 0.5) is 0 Å². The minimum absolute atomic E-state index is 0.207. The number of hydrazine groups is 1. The van der Waals surface area contributed by atoms with Crippen LogP contribution >= 0.6 is 46.1 Å². The van der Waals surface area contributed by atoms with E-state index in [0.29, 0.717) is 32.2 Å². The van der Waals surface area contributed by atoms with E-state index in [4.69, 9.17) is 39.9 Å². The summed E-state index contributed by atoms with van der Waals surface area (Å²) in [5.41, 5.74) is 5.76. The average molecular weight is 484 g/mol. The van der Waals surface area contributed by atoms with Crippen LogP contribution in [0.15, 0.2) is 30.3 Å². The Morgan fingerprint density at radius 2 is 1.90 bits per heavy atom. The van der Waals surface area contributed by atoms with Crippen molar-refractivity contribution in [2.75, 3.05) is 13.1 Å². The predicted molar refractivity (Wildman–Crippen MR) is 124 cm³/mol. The summed E-state index contributed by atoms with van der Waals surface area (Å²) < 4.78 is 2.39. The second-order valence-corrected chi connectivity index (χ2v) is 9.69. The van der Waals surface area contributed by atoms with E-state index in [1.54, 1.807) is 16.8 Å². The lowest BCUT2D eigenvalue weighted by Gasteiger charge is -2.26. The van der Waals surface area contributed by atoms with Crippen molar-refractivity contribution >= 4 is 52.0 Å². The van der Waals surface area contributed by atoms with Gasteiger partial charge in [-0.15, -0.1) is 11.3 Å². The van der Waals surface area contributed by atoms with Crippen molar-refractivity contribution < 1.29 is 4.79 Å². The maximum Gasteiger partial charge on any atom is 0.286 e. The Morgan fingerprint density at radius 1 is 1.13 bits per heavy atom. The summed E-state index contributed by atoms with van der Waals surface area (Å²) in [6.07, 6.45) is 3.99. The van der Waals surface area contributed by atoms with Gasteiger partial charge in [-0.25, -0.2) is 9.69 Å². The molecule has 3 aromatic rings. The topological polar surface area (TPSA) is 50.2 Å². The minimum atomic E-state index is -0.207. The fourth-order valence-corrected chi connectivity index (χ4v) is 5.28. The number of carbonyl (C=O) groups excluding carboxylic acids is 1. The Labute approximate surface area is 194 Å². The second kappa shape index (κ2) is 9.28. The molecule has 0 aliphatic carbocycles. The van der Waals surface area contributed by atoms with Crippen molar-refractivity contribution in [1.82, 2.24) is 20.2 Å². The third-order valence-electron chi connectivity index (χ3n) is 5.11. The number of nitrogens with one attached hydrogen (secondary N) is 1. The Kier molecular flexibility index (Phi) is 6.70. The van der Waals surface area contributed by atoms with Gasteiger partial charge in [-0.1, -0.05) is 48.1 Å². The third kappa shape index (κ3) is 4.39. The van der Waals surface area contributed by atoms with Crippen LogP contribution in [0.25, 0.3) is 16.3 Å². The number of aromatic nitrogens is 2. The van der Waals surface area contributed by atoms with Gasteiger partial charge >= 0.3 is 0 Å². The smallest absolute Gasteiger partial charge is 0.283 e. The molecule has 1 fully saturated rings. The number of nitrogens with zero attached hydrogens (tertiary/aromatic N) is 3. The van der Waals surface area contributed by atoms with Gasteiger partial charge in [0.1, 0.15) is 0 Å². The lowest BCUT2D eigenvalue weighted by atomic mass is 10.1. The molecule has 1 aliphatic rings. The summed E-state index contributed by atoms with van der Waals surface area (Å²) in [7, 11) is 0. The van der Waals surface area contributed by atoms with Gasteiger partial charge in [-0.3, -0.25) is 10.2 Å². The first-order chi connectivity index (χ1) is 14.5. The van der Waals surface area contributed by atoms with E-state index < -0.39 is 0 Å². The van der Waals surface area contributed by atoms with Gasteiger partial charge in [0.2, 0.25) is 0 Å². The number of carbonyl (C=O) groups is 1. The molecule has 30 heavy (non-hydrogen) atoms. The van der Waals surface area contributed by atoms with Crippen molar-refractivity contribution in [2.45, 2.75) is 32.6 Å². The lowest BCUT2D eigenvalue weighted by molar-refractivity contribution is 0.0743. The molecule has 3 heterocycles. The molecule has 0 radical (unpaired) electrons. The molecule has 9 heteroatoms. The van der Waals surface area contributed by atoms with E-state index in [0.717, 1.165) is 42.1 Å². The molecule has 4 rings (SSSR count). The molecule has 0 unspecified atom stereocenters. The highest BCUT2D eigenvalue weighted by atomic mass is 35.5. The van der Waals surface area contributed by atoms with Crippen LogP contribution in [0.2, 0.25) is 14.4 Å².